The maximum atomic E-state index is 12.7. The Kier molecular flexibility index (Phi) is 4.49. The highest BCUT2D eigenvalue weighted by Gasteiger charge is 2.39. The maximum absolute atomic E-state index is 12.7. The molecule has 0 aliphatic carbocycles. The van der Waals surface area contributed by atoms with Crippen molar-refractivity contribution < 1.29 is 22.0 Å². The molecule has 0 amide bonds. The van der Waals surface area contributed by atoms with Crippen LogP contribution in [0, 0.1) is 3.70 Å². The van der Waals surface area contributed by atoms with E-state index in [-0.39, 0.29) is 14.6 Å². The maximum Gasteiger partial charge on any atom is 0.417 e. The van der Waals surface area contributed by atoms with E-state index in [2.05, 4.69) is 20.9 Å². The first-order valence-electron chi connectivity index (χ1n) is 3.87. The lowest BCUT2D eigenvalue weighted by Crippen LogP contribution is -2.15. The number of pyridine rings is 1. The number of aromatic nitrogens is 1. The van der Waals surface area contributed by atoms with Gasteiger partial charge in [-0.25, -0.2) is 13.8 Å². The topological polar surface area (TPSA) is 12.9 Å². The molecule has 0 saturated carbocycles. The molecule has 0 atom stereocenters. The Morgan fingerprint density at radius 1 is 1.38 bits per heavy atom. The SMILES string of the molecule is FC(F)c1cnc(I)c(CBr)c1C(F)(F)F. The zero-order chi connectivity index (χ0) is 12.5. The number of alkyl halides is 6. The van der Waals surface area contributed by atoms with Gasteiger partial charge in [-0.05, 0) is 22.6 Å². The van der Waals surface area contributed by atoms with Gasteiger partial charge in [-0.1, -0.05) is 15.9 Å². The summed E-state index contributed by atoms with van der Waals surface area (Å²) in [6.07, 6.45) is -7.43. The second-order valence-electron chi connectivity index (χ2n) is 2.79. The number of hydrogen-bond donors (Lipinski definition) is 0. The standard InChI is InChI=1S/C8H4BrF5IN/c9-1-3-5(8(12,13)14)4(6(10)11)2-16-7(3)15/h2,6H,1H2. The molecular formula is C8H4BrF5IN. The molecule has 1 aromatic heterocycles. The quantitative estimate of drug-likeness (QED) is 0.299. The molecule has 16 heavy (non-hydrogen) atoms. The minimum absolute atomic E-state index is 0.0613. The summed E-state index contributed by atoms with van der Waals surface area (Å²) >= 11 is 4.43. The predicted molar refractivity (Wildman–Crippen MR) is 59.5 cm³/mol. The monoisotopic (exact) mass is 415 g/mol. The molecule has 0 aliphatic heterocycles. The molecule has 1 heterocycles. The van der Waals surface area contributed by atoms with Crippen LogP contribution < -0.4 is 0 Å². The Morgan fingerprint density at radius 2 is 1.94 bits per heavy atom. The molecule has 1 aromatic rings. The minimum atomic E-state index is -4.81. The Bertz CT molecular complexity index is 393. The first-order valence-corrected chi connectivity index (χ1v) is 6.07. The van der Waals surface area contributed by atoms with Crippen LogP contribution in [0.5, 0.6) is 0 Å². The minimum Gasteiger partial charge on any atom is -0.249 e. The van der Waals surface area contributed by atoms with Crippen molar-refractivity contribution in [3.63, 3.8) is 0 Å². The van der Waals surface area contributed by atoms with Crippen molar-refractivity contribution in [2.45, 2.75) is 17.9 Å². The summed E-state index contributed by atoms with van der Waals surface area (Å²) in [5.74, 6) is 0. The highest BCUT2D eigenvalue weighted by Crippen LogP contribution is 2.40. The molecule has 0 fully saturated rings. The van der Waals surface area contributed by atoms with Crippen molar-refractivity contribution in [1.82, 2.24) is 4.98 Å². The summed E-state index contributed by atoms with van der Waals surface area (Å²) < 4.78 is 62.9. The fourth-order valence-corrected chi connectivity index (χ4v) is 2.84. The summed E-state index contributed by atoms with van der Waals surface area (Å²) in [5.41, 5.74) is -2.63. The van der Waals surface area contributed by atoms with Gasteiger partial charge in [-0.2, -0.15) is 13.2 Å². The Morgan fingerprint density at radius 3 is 2.31 bits per heavy atom. The summed E-state index contributed by atoms with van der Waals surface area (Å²) in [5, 5.41) is -0.173. The van der Waals surface area contributed by atoms with Crippen LogP contribution in [0.3, 0.4) is 0 Å². The molecule has 1 rings (SSSR count). The molecule has 0 bridgehead atoms. The van der Waals surface area contributed by atoms with E-state index in [9.17, 15) is 22.0 Å². The van der Waals surface area contributed by atoms with Gasteiger partial charge in [0, 0.05) is 22.7 Å². The molecule has 0 aromatic carbocycles. The molecule has 8 heteroatoms. The fourth-order valence-electron chi connectivity index (χ4n) is 1.17. The number of hydrogen-bond acceptors (Lipinski definition) is 1. The van der Waals surface area contributed by atoms with Gasteiger partial charge in [-0.3, -0.25) is 0 Å². The van der Waals surface area contributed by atoms with Gasteiger partial charge >= 0.3 is 6.18 Å². The van der Waals surface area contributed by atoms with Crippen molar-refractivity contribution in [2.24, 2.45) is 0 Å². The first kappa shape index (κ1) is 14.1. The molecule has 0 radical (unpaired) electrons. The highest BCUT2D eigenvalue weighted by molar-refractivity contribution is 14.1. The number of rotatable bonds is 2. The second kappa shape index (κ2) is 5.11. The third kappa shape index (κ3) is 2.82. The fraction of sp³-hybridized carbons (Fsp3) is 0.375. The summed E-state index contributed by atoms with van der Waals surface area (Å²) in [6.45, 7) is 0. The smallest absolute Gasteiger partial charge is 0.249 e. The van der Waals surface area contributed by atoms with Gasteiger partial charge in [0.05, 0.1) is 5.56 Å². The third-order valence-corrected chi connectivity index (χ3v) is 3.30. The van der Waals surface area contributed by atoms with Gasteiger partial charge in [-0.15, -0.1) is 0 Å². The summed E-state index contributed by atoms with van der Waals surface area (Å²) in [7, 11) is 0. The summed E-state index contributed by atoms with van der Waals surface area (Å²) in [4.78, 5) is 3.52. The van der Waals surface area contributed by atoms with E-state index in [1.807, 2.05) is 0 Å². The molecule has 0 unspecified atom stereocenters. The van der Waals surface area contributed by atoms with Crippen LogP contribution in [-0.4, -0.2) is 4.98 Å². The second-order valence-corrected chi connectivity index (χ2v) is 4.37. The van der Waals surface area contributed by atoms with Crippen LogP contribution in [0.1, 0.15) is 23.1 Å². The van der Waals surface area contributed by atoms with Crippen LogP contribution in [0.15, 0.2) is 6.20 Å². The van der Waals surface area contributed by atoms with Crippen LogP contribution in [0.2, 0.25) is 0 Å². The van der Waals surface area contributed by atoms with E-state index in [1.165, 1.54) is 0 Å². The van der Waals surface area contributed by atoms with E-state index in [4.69, 9.17) is 0 Å². The average Bonchev–Trinajstić information content (AvgIpc) is 2.15. The van der Waals surface area contributed by atoms with E-state index in [0.29, 0.717) is 6.20 Å². The molecule has 0 aliphatic rings. The van der Waals surface area contributed by atoms with Crippen molar-refractivity contribution in [1.29, 1.82) is 0 Å². The molecule has 90 valence electrons. The van der Waals surface area contributed by atoms with E-state index < -0.39 is 23.7 Å². The lowest BCUT2D eigenvalue weighted by atomic mass is 10.1. The van der Waals surface area contributed by atoms with Crippen molar-refractivity contribution in [2.75, 3.05) is 0 Å². The molecule has 0 N–H and O–H groups in total. The predicted octanol–water partition coefficient (Wildman–Crippen LogP) is 4.54. The van der Waals surface area contributed by atoms with Gasteiger partial charge in [0.2, 0.25) is 0 Å². The van der Waals surface area contributed by atoms with Crippen LogP contribution in [0.4, 0.5) is 22.0 Å². The molecule has 0 spiro atoms. The zero-order valence-corrected chi connectivity index (χ0v) is 11.2. The average molecular weight is 416 g/mol. The van der Waals surface area contributed by atoms with Gasteiger partial charge < -0.3 is 0 Å². The third-order valence-electron chi connectivity index (χ3n) is 1.81. The molecule has 1 nitrogen and oxygen atoms in total. The number of halogens is 7. The Labute approximate surface area is 110 Å². The van der Waals surface area contributed by atoms with Crippen LogP contribution >= 0.6 is 38.5 Å². The van der Waals surface area contributed by atoms with Gasteiger partial charge in [0.15, 0.2) is 0 Å². The zero-order valence-electron chi connectivity index (χ0n) is 7.45. The largest absolute Gasteiger partial charge is 0.417 e. The molecule has 0 saturated heterocycles. The normalized spacial score (nSPS) is 12.2. The van der Waals surface area contributed by atoms with E-state index >= 15 is 0 Å². The van der Waals surface area contributed by atoms with Crippen molar-refractivity contribution in [3.8, 4) is 0 Å². The van der Waals surface area contributed by atoms with Crippen LogP contribution in [0.25, 0.3) is 0 Å². The number of nitrogens with zero attached hydrogens (tertiary/aromatic N) is 1. The lowest BCUT2D eigenvalue weighted by Gasteiger charge is -2.16. The van der Waals surface area contributed by atoms with Crippen molar-refractivity contribution in [3.05, 3.63) is 26.6 Å². The summed E-state index contributed by atoms with van der Waals surface area (Å²) in [6, 6.07) is 0. The van der Waals surface area contributed by atoms with E-state index in [1.54, 1.807) is 22.6 Å². The first-order chi connectivity index (χ1) is 7.29. The Balaban J connectivity index is 3.54. The van der Waals surface area contributed by atoms with Crippen molar-refractivity contribution >= 4 is 38.5 Å². The molecular weight excluding hydrogens is 412 g/mol. The van der Waals surface area contributed by atoms with E-state index in [0.717, 1.165) is 0 Å². The van der Waals surface area contributed by atoms with Crippen LogP contribution in [-0.2, 0) is 11.5 Å². The highest BCUT2D eigenvalue weighted by atomic mass is 127. The van der Waals surface area contributed by atoms with Gasteiger partial charge in [0.1, 0.15) is 3.70 Å². The van der Waals surface area contributed by atoms with Gasteiger partial charge in [0.25, 0.3) is 6.43 Å². The lowest BCUT2D eigenvalue weighted by molar-refractivity contribution is -0.140. The Hall–Kier alpha value is 0.01000.